The Labute approximate surface area is 126 Å². The van der Waals surface area contributed by atoms with Crippen LogP contribution in [0.15, 0.2) is 24.3 Å². The highest BCUT2D eigenvalue weighted by Crippen LogP contribution is 2.62. The van der Waals surface area contributed by atoms with Crippen LogP contribution in [0.3, 0.4) is 0 Å². The van der Waals surface area contributed by atoms with E-state index in [0.29, 0.717) is 18.3 Å². The van der Waals surface area contributed by atoms with Gasteiger partial charge in [-0.05, 0) is 72.8 Å². The topological polar surface area (TPSA) is 37.3 Å². The Morgan fingerprint density at radius 2 is 2.05 bits per heavy atom. The molecule has 0 radical (unpaired) electrons. The quantitative estimate of drug-likeness (QED) is 0.874. The Bertz CT molecular complexity index is 564. The van der Waals surface area contributed by atoms with Crippen LogP contribution in [0.1, 0.15) is 62.0 Å². The maximum atomic E-state index is 11.4. The van der Waals surface area contributed by atoms with Gasteiger partial charge in [-0.2, -0.15) is 0 Å². The van der Waals surface area contributed by atoms with E-state index >= 15 is 0 Å². The van der Waals surface area contributed by atoms with Crippen molar-refractivity contribution in [2.45, 2.75) is 57.3 Å². The van der Waals surface area contributed by atoms with Gasteiger partial charge in [0.2, 0.25) is 0 Å². The van der Waals surface area contributed by atoms with Crippen molar-refractivity contribution in [2.75, 3.05) is 0 Å². The first kappa shape index (κ1) is 13.4. The third kappa shape index (κ3) is 2.03. The van der Waals surface area contributed by atoms with Gasteiger partial charge in [0.25, 0.3) is 0 Å². The Morgan fingerprint density at radius 3 is 2.90 bits per heavy atom. The fourth-order valence-electron chi connectivity index (χ4n) is 5.92. The van der Waals surface area contributed by atoms with E-state index in [0.717, 1.165) is 18.8 Å². The SMILES string of the molecule is O=C(O)C[C@@]12CCC[C@H]1[C@@H]1CCc3ccccc3[C@H]1CC2. The zero-order chi connectivity index (χ0) is 14.4. The Morgan fingerprint density at radius 1 is 1.19 bits per heavy atom. The minimum atomic E-state index is -0.587. The van der Waals surface area contributed by atoms with Crippen molar-refractivity contribution >= 4 is 5.97 Å². The molecule has 112 valence electrons. The summed E-state index contributed by atoms with van der Waals surface area (Å²) in [5, 5.41) is 9.36. The first-order valence-corrected chi connectivity index (χ1v) is 8.49. The van der Waals surface area contributed by atoms with Gasteiger partial charge in [0, 0.05) is 0 Å². The molecule has 0 spiro atoms. The van der Waals surface area contributed by atoms with Crippen LogP contribution in [0.4, 0.5) is 0 Å². The third-order valence-corrected chi connectivity index (χ3v) is 6.67. The molecule has 1 N–H and O–H groups in total. The Kier molecular flexibility index (Phi) is 3.09. The number of hydrogen-bond donors (Lipinski definition) is 1. The highest BCUT2D eigenvalue weighted by Gasteiger charge is 2.53. The summed E-state index contributed by atoms with van der Waals surface area (Å²) in [6.07, 6.45) is 8.84. The molecule has 1 aromatic rings. The smallest absolute Gasteiger partial charge is 0.303 e. The van der Waals surface area contributed by atoms with E-state index in [2.05, 4.69) is 24.3 Å². The Hall–Kier alpha value is -1.31. The minimum Gasteiger partial charge on any atom is -0.481 e. The molecule has 2 heteroatoms. The molecule has 2 saturated carbocycles. The van der Waals surface area contributed by atoms with E-state index < -0.39 is 5.97 Å². The Balaban J connectivity index is 1.68. The molecule has 0 amide bonds. The highest BCUT2D eigenvalue weighted by atomic mass is 16.4. The molecule has 4 atom stereocenters. The van der Waals surface area contributed by atoms with Crippen molar-refractivity contribution in [2.24, 2.45) is 17.3 Å². The van der Waals surface area contributed by atoms with Crippen LogP contribution in [0.5, 0.6) is 0 Å². The minimum absolute atomic E-state index is 0.124. The van der Waals surface area contributed by atoms with Crippen LogP contribution in [-0.2, 0) is 11.2 Å². The normalized spacial score (nSPS) is 37.4. The van der Waals surface area contributed by atoms with Crippen LogP contribution in [0.25, 0.3) is 0 Å². The van der Waals surface area contributed by atoms with Gasteiger partial charge in [-0.25, -0.2) is 0 Å². The van der Waals surface area contributed by atoms with Gasteiger partial charge in [-0.15, -0.1) is 0 Å². The summed E-state index contributed by atoms with van der Waals surface area (Å²) in [6, 6.07) is 8.95. The lowest BCUT2D eigenvalue weighted by molar-refractivity contribution is -0.142. The summed E-state index contributed by atoms with van der Waals surface area (Å²) in [7, 11) is 0. The molecule has 0 aliphatic heterocycles. The lowest BCUT2D eigenvalue weighted by atomic mass is 9.54. The van der Waals surface area contributed by atoms with E-state index in [1.54, 1.807) is 11.1 Å². The number of benzene rings is 1. The average molecular weight is 284 g/mol. The number of carboxylic acids is 1. The second-order valence-electron chi connectivity index (χ2n) is 7.48. The standard InChI is InChI=1S/C19H24O2/c20-18(21)12-19-10-3-6-17(19)16-8-7-13-4-1-2-5-14(13)15(16)9-11-19/h1-2,4-5,15-17H,3,6-12H2,(H,20,21)/t15-,16-,17+,19+/m1/s1. The van der Waals surface area contributed by atoms with Gasteiger partial charge in [-0.1, -0.05) is 30.7 Å². The summed E-state index contributed by atoms with van der Waals surface area (Å²) in [5.41, 5.74) is 3.24. The van der Waals surface area contributed by atoms with E-state index in [9.17, 15) is 9.90 Å². The van der Waals surface area contributed by atoms with Crippen molar-refractivity contribution in [3.8, 4) is 0 Å². The second kappa shape index (κ2) is 4.86. The molecule has 3 aliphatic carbocycles. The molecule has 4 rings (SSSR count). The largest absolute Gasteiger partial charge is 0.481 e. The molecule has 0 bridgehead atoms. The highest BCUT2D eigenvalue weighted by molar-refractivity contribution is 5.68. The van der Waals surface area contributed by atoms with Crippen LogP contribution >= 0.6 is 0 Å². The number of carboxylic acid groups (broad SMARTS) is 1. The molecule has 0 heterocycles. The predicted octanol–water partition coefficient (Wildman–Crippen LogP) is 4.39. The zero-order valence-electron chi connectivity index (χ0n) is 12.6. The number of rotatable bonds is 2. The number of fused-ring (bicyclic) bond motifs is 5. The van der Waals surface area contributed by atoms with E-state index in [1.165, 1.54) is 32.1 Å². The first-order chi connectivity index (χ1) is 10.2. The van der Waals surface area contributed by atoms with Crippen LogP contribution < -0.4 is 0 Å². The lowest BCUT2D eigenvalue weighted by Crippen LogP contribution is -2.42. The molecule has 2 fully saturated rings. The monoisotopic (exact) mass is 284 g/mol. The molecule has 2 nitrogen and oxygen atoms in total. The van der Waals surface area contributed by atoms with E-state index in [1.807, 2.05) is 0 Å². The molecule has 21 heavy (non-hydrogen) atoms. The summed E-state index contributed by atoms with van der Waals surface area (Å²) < 4.78 is 0. The molecular weight excluding hydrogens is 260 g/mol. The van der Waals surface area contributed by atoms with Crippen molar-refractivity contribution in [1.29, 1.82) is 0 Å². The summed E-state index contributed by atoms with van der Waals surface area (Å²) in [5.74, 6) is 1.49. The molecule has 0 saturated heterocycles. The third-order valence-electron chi connectivity index (χ3n) is 6.67. The predicted molar refractivity (Wildman–Crippen MR) is 82.3 cm³/mol. The average Bonchev–Trinajstić information content (AvgIpc) is 2.89. The van der Waals surface area contributed by atoms with Gasteiger partial charge in [0.1, 0.15) is 0 Å². The van der Waals surface area contributed by atoms with E-state index in [-0.39, 0.29) is 5.41 Å². The van der Waals surface area contributed by atoms with Crippen LogP contribution in [0, 0.1) is 17.3 Å². The van der Waals surface area contributed by atoms with Gasteiger partial charge in [-0.3, -0.25) is 4.79 Å². The van der Waals surface area contributed by atoms with Crippen molar-refractivity contribution < 1.29 is 9.90 Å². The van der Waals surface area contributed by atoms with Gasteiger partial charge in [0.05, 0.1) is 6.42 Å². The van der Waals surface area contributed by atoms with Crippen LogP contribution in [-0.4, -0.2) is 11.1 Å². The summed E-state index contributed by atoms with van der Waals surface area (Å²) >= 11 is 0. The molecule has 0 aromatic heterocycles. The van der Waals surface area contributed by atoms with Crippen LogP contribution in [0.2, 0.25) is 0 Å². The second-order valence-corrected chi connectivity index (χ2v) is 7.48. The number of hydrogen-bond acceptors (Lipinski definition) is 1. The van der Waals surface area contributed by atoms with Gasteiger partial charge in [0.15, 0.2) is 0 Å². The maximum absolute atomic E-state index is 11.4. The zero-order valence-corrected chi connectivity index (χ0v) is 12.6. The molecule has 1 aromatic carbocycles. The lowest BCUT2D eigenvalue weighted by Gasteiger charge is -2.50. The molecule has 0 unspecified atom stereocenters. The van der Waals surface area contributed by atoms with Crippen molar-refractivity contribution in [3.63, 3.8) is 0 Å². The number of carbonyl (C=O) groups is 1. The first-order valence-electron chi connectivity index (χ1n) is 8.49. The molecule has 3 aliphatic rings. The van der Waals surface area contributed by atoms with Gasteiger partial charge < -0.3 is 5.11 Å². The number of aliphatic carboxylic acids is 1. The fourth-order valence-corrected chi connectivity index (χ4v) is 5.92. The number of aryl methyl sites for hydroxylation is 1. The van der Waals surface area contributed by atoms with Gasteiger partial charge >= 0.3 is 5.97 Å². The summed E-state index contributed by atoms with van der Waals surface area (Å²) in [4.78, 5) is 11.4. The van der Waals surface area contributed by atoms with Crippen molar-refractivity contribution in [3.05, 3.63) is 35.4 Å². The van der Waals surface area contributed by atoms with Crippen molar-refractivity contribution in [1.82, 2.24) is 0 Å². The molecular formula is C19H24O2. The summed E-state index contributed by atoms with van der Waals surface area (Å²) in [6.45, 7) is 0. The fraction of sp³-hybridized carbons (Fsp3) is 0.632. The maximum Gasteiger partial charge on any atom is 0.303 e. The van der Waals surface area contributed by atoms with E-state index in [4.69, 9.17) is 0 Å².